The zero-order chi connectivity index (χ0) is 22.1. The molecular weight excluding hydrogens is 435 g/mol. The van der Waals surface area contributed by atoms with Gasteiger partial charge in [-0.15, -0.1) is 0 Å². The second-order valence-electron chi connectivity index (χ2n) is 5.88. The van der Waals surface area contributed by atoms with Gasteiger partial charge in [0.2, 0.25) is 6.20 Å². The van der Waals surface area contributed by atoms with E-state index in [-0.39, 0.29) is 16.5 Å². The maximum Gasteiger partial charge on any atom is 0.419 e. The van der Waals surface area contributed by atoms with Gasteiger partial charge in [0.15, 0.2) is 12.0 Å². The van der Waals surface area contributed by atoms with E-state index in [4.69, 9.17) is 16.3 Å². The zero-order valence-corrected chi connectivity index (χ0v) is 15.4. The van der Waals surface area contributed by atoms with Crippen molar-refractivity contribution in [2.75, 3.05) is 5.32 Å². The number of pyridine rings is 1. The summed E-state index contributed by atoms with van der Waals surface area (Å²) in [6.45, 7) is 0. The Morgan fingerprint density at radius 3 is 2.43 bits per heavy atom. The van der Waals surface area contributed by atoms with Crippen molar-refractivity contribution < 1.29 is 36.2 Å². The van der Waals surface area contributed by atoms with Crippen molar-refractivity contribution in [2.45, 2.75) is 6.18 Å². The smallest absolute Gasteiger partial charge is 0.419 e. The lowest BCUT2D eigenvalue weighted by molar-refractivity contribution is -0.604. The summed E-state index contributed by atoms with van der Waals surface area (Å²) >= 11 is 5.83. The first-order valence-electron chi connectivity index (χ1n) is 8.09. The lowest BCUT2D eigenvalue weighted by atomic mass is 10.1. The van der Waals surface area contributed by atoms with Crippen LogP contribution in [0.1, 0.15) is 15.9 Å². The molecule has 0 saturated heterocycles. The fraction of sp³-hybridized carbons (Fsp3) is 0.0526. The number of nitrogens with one attached hydrogen (secondary N) is 1. The SMILES string of the molecule is O=C(Nc1ccc[n+]([O-])c1)c1c(Oc2ccc(F)cc2Cl)ccc(C(F)(F)F)c1F. The highest BCUT2D eigenvalue weighted by Gasteiger charge is 2.37. The van der Waals surface area contributed by atoms with Gasteiger partial charge >= 0.3 is 6.18 Å². The fourth-order valence-electron chi connectivity index (χ4n) is 2.47. The van der Waals surface area contributed by atoms with Crippen LogP contribution in [0.3, 0.4) is 0 Å². The van der Waals surface area contributed by atoms with Gasteiger partial charge in [-0.3, -0.25) is 4.79 Å². The molecule has 5 nitrogen and oxygen atoms in total. The monoisotopic (exact) mass is 444 g/mol. The molecule has 1 amide bonds. The van der Waals surface area contributed by atoms with Gasteiger partial charge < -0.3 is 15.3 Å². The number of carbonyl (C=O) groups is 1. The van der Waals surface area contributed by atoms with E-state index in [1.54, 1.807) is 0 Å². The van der Waals surface area contributed by atoms with Crippen LogP contribution in [-0.2, 0) is 6.18 Å². The normalized spacial score (nSPS) is 11.3. The summed E-state index contributed by atoms with van der Waals surface area (Å²) in [6, 6.07) is 6.56. The number of alkyl halides is 3. The maximum atomic E-state index is 14.7. The van der Waals surface area contributed by atoms with Crippen LogP contribution in [-0.4, -0.2) is 5.91 Å². The highest BCUT2D eigenvalue weighted by Crippen LogP contribution is 2.38. The van der Waals surface area contributed by atoms with Gasteiger partial charge in [0.1, 0.15) is 28.6 Å². The molecule has 0 unspecified atom stereocenters. The largest absolute Gasteiger partial charge is 0.619 e. The molecule has 0 aliphatic heterocycles. The summed E-state index contributed by atoms with van der Waals surface area (Å²) in [5.74, 6) is -4.72. The van der Waals surface area contributed by atoms with Crippen LogP contribution in [0.15, 0.2) is 54.9 Å². The average Bonchev–Trinajstić information content (AvgIpc) is 2.63. The van der Waals surface area contributed by atoms with Crippen LogP contribution in [0, 0.1) is 16.8 Å². The summed E-state index contributed by atoms with van der Waals surface area (Å²) in [5.41, 5.74) is -2.87. The molecule has 0 spiro atoms. The predicted molar refractivity (Wildman–Crippen MR) is 96.2 cm³/mol. The lowest BCUT2D eigenvalue weighted by Crippen LogP contribution is -2.26. The minimum atomic E-state index is -5.09. The maximum absolute atomic E-state index is 14.7. The van der Waals surface area contributed by atoms with Gasteiger partial charge in [-0.05, 0) is 36.4 Å². The molecule has 0 aliphatic carbocycles. The van der Waals surface area contributed by atoms with Gasteiger partial charge in [-0.1, -0.05) is 11.6 Å². The third kappa shape index (κ3) is 4.60. The van der Waals surface area contributed by atoms with Crippen molar-refractivity contribution in [3.63, 3.8) is 0 Å². The molecular formula is C19H10ClF5N2O3. The zero-order valence-electron chi connectivity index (χ0n) is 14.6. The van der Waals surface area contributed by atoms with Crippen LogP contribution in [0.2, 0.25) is 5.02 Å². The van der Waals surface area contributed by atoms with Crippen molar-refractivity contribution in [3.05, 3.63) is 87.8 Å². The molecule has 3 aromatic rings. The summed E-state index contributed by atoms with van der Waals surface area (Å²) in [4.78, 5) is 12.6. The van der Waals surface area contributed by atoms with Gasteiger partial charge in [-0.2, -0.15) is 17.9 Å². The highest BCUT2D eigenvalue weighted by molar-refractivity contribution is 6.32. The number of rotatable bonds is 4. The van der Waals surface area contributed by atoms with E-state index in [0.29, 0.717) is 10.8 Å². The Kier molecular flexibility index (Phi) is 5.79. The van der Waals surface area contributed by atoms with E-state index in [0.717, 1.165) is 36.7 Å². The van der Waals surface area contributed by atoms with Crippen molar-refractivity contribution in [1.82, 2.24) is 0 Å². The van der Waals surface area contributed by atoms with Crippen LogP contribution in [0.4, 0.5) is 27.6 Å². The Morgan fingerprint density at radius 1 is 1.10 bits per heavy atom. The number of hydrogen-bond acceptors (Lipinski definition) is 3. The third-order valence-electron chi connectivity index (χ3n) is 3.78. The molecule has 0 saturated carbocycles. The Labute approximate surface area is 170 Å². The number of aromatic nitrogens is 1. The van der Waals surface area contributed by atoms with E-state index in [1.165, 1.54) is 12.1 Å². The first kappa shape index (κ1) is 21.3. The number of halogens is 6. The molecule has 0 radical (unpaired) electrons. The highest BCUT2D eigenvalue weighted by atomic mass is 35.5. The molecule has 1 aromatic heterocycles. The third-order valence-corrected chi connectivity index (χ3v) is 4.08. The Balaban J connectivity index is 2.08. The minimum Gasteiger partial charge on any atom is -0.619 e. The van der Waals surface area contributed by atoms with Crippen molar-refractivity contribution in [1.29, 1.82) is 0 Å². The molecule has 11 heteroatoms. The predicted octanol–water partition coefficient (Wildman–Crippen LogP) is 5.32. The van der Waals surface area contributed by atoms with E-state index in [9.17, 15) is 32.0 Å². The fourth-order valence-corrected chi connectivity index (χ4v) is 2.68. The van der Waals surface area contributed by atoms with E-state index >= 15 is 0 Å². The molecule has 1 heterocycles. The molecule has 0 fully saturated rings. The lowest BCUT2D eigenvalue weighted by Gasteiger charge is -2.16. The second-order valence-corrected chi connectivity index (χ2v) is 6.29. The van der Waals surface area contributed by atoms with Gasteiger partial charge in [0.05, 0.1) is 10.6 Å². The molecule has 0 aliphatic rings. The molecule has 0 bridgehead atoms. The topological polar surface area (TPSA) is 65.3 Å². The molecule has 2 aromatic carbocycles. The summed E-state index contributed by atoms with van der Waals surface area (Å²) < 4.78 is 72.9. The number of carbonyl (C=O) groups excluding carboxylic acids is 1. The van der Waals surface area contributed by atoms with Crippen molar-refractivity contribution >= 4 is 23.2 Å². The van der Waals surface area contributed by atoms with Crippen LogP contribution >= 0.6 is 11.6 Å². The number of amides is 1. The van der Waals surface area contributed by atoms with Gasteiger partial charge in [-0.25, -0.2) is 8.78 Å². The summed E-state index contributed by atoms with van der Waals surface area (Å²) in [6.07, 6.45) is -3.07. The molecule has 3 rings (SSSR count). The average molecular weight is 445 g/mol. The number of nitrogens with zero attached hydrogens (tertiary/aromatic N) is 1. The Morgan fingerprint density at radius 2 is 1.80 bits per heavy atom. The number of ether oxygens (including phenoxy) is 1. The first-order chi connectivity index (χ1) is 14.1. The number of anilines is 1. The molecule has 1 N–H and O–H groups in total. The first-order valence-corrected chi connectivity index (χ1v) is 8.47. The Hall–Kier alpha value is -3.40. The molecule has 156 valence electrons. The molecule has 30 heavy (non-hydrogen) atoms. The van der Waals surface area contributed by atoms with Crippen LogP contribution in [0.25, 0.3) is 0 Å². The second kappa shape index (κ2) is 8.15. The van der Waals surface area contributed by atoms with Crippen molar-refractivity contribution in [3.8, 4) is 11.5 Å². The Bertz CT molecular complexity index is 1120. The number of hydrogen-bond donors (Lipinski definition) is 1. The van der Waals surface area contributed by atoms with Crippen LogP contribution in [0.5, 0.6) is 11.5 Å². The standard InChI is InChI=1S/C19H10ClF5N2O3/c20-13-8-10(21)3-5-14(13)30-15-6-4-12(19(23,24)25)17(22)16(15)18(28)26-11-2-1-7-27(29)9-11/h1-9H,(H,26,28). The van der Waals surface area contributed by atoms with Crippen molar-refractivity contribution in [2.24, 2.45) is 0 Å². The molecule has 0 atom stereocenters. The quantitative estimate of drug-likeness (QED) is 0.337. The minimum absolute atomic E-state index is 0.0972. The summed E-state index contributed by atoms with van der Waals surface area (Å²) in [5, 5.41) is 13.2. The van der Waals surface area contributed by atoms with Crippen LogP contribution < -0.4 is 14.8 Å². The number of benzene rings is 2. The van der Waals surface area contributed by atoms with E-state index in [2.05, 4.69) is 5.32 Å². The van der Waals surface area contributed by atoms with Gasteiger partial charge in [0.25, 0.3) is 5.91 Å². The van der Waals surface area contributed by atoms with E-state index in [1.807, 2.05) is 0 Å². The van der Waals surface area contributed by atoms with Gasteiger partial charge in [0, 0.05) is 6.07 Å². The summed E-state index contributed by atoms with van der Waals surface area (Å²) in [7, 11) is 0. The van der Waals surface area contributed by atoms with E-state index < -0.39 is 40.6 Å².